The van der Waals surface area contributed by atoms with Gasteiger partial charge < -0.3 is 21.3 Å². The zero-order chi connectivity index (χ0) is 21.5. The summed E-state index contributed by atoms with van der Waals surface area (Å²) >= 11 is 0. The number of rotatable bonds is 5. The lowest BCUT2D eigenvalue weighted by atomic mass is 10.1. The van der Waals surface area contributed by atoms with Crippen molar-refractivity contribution in [3.8, 4) is 0 Å². The van der Waals surface area contributed by atoms with E-state index < -0.39 is 0 Å². The lowest BCUT2D eigenvalue weighted by Gasteiger charge is -2.12. The molecule has 0 saturated carbocycles. The molecule has 152 valence electrons. The first-order valence-corrected chi connectivity index (χ1v) is 9.33. The lowest BCUT2D eigenvalue weighted by molar-refractivity contribution is 0.101. The molecule has 0 heterocycles. The van der Waals surface area contributed by atoms with Crippen molar-refractivity contribution in [3.63, 3.8) is 0 Å². The highest BCUT2D eigenvalue weighted by Gasteiger charge is 2.12. The quantitative estimate of drug-likeness (QED) is 0.513. The third-order valence-electron chi connectivity index (χ3n) is 4.41. The van der Waals surface area contributed by atoms with Crippen molar-refractivity contribution >= 4 is 34.9 Å². The first-order chi connectivity index (χ1) is 14.5. The molecule has 30 heavy (non-hydrogen) atoms. The summed E-state index contributed by atoms with van der Waals surface area (Å²) in [5.74, 6) is -0.548. The minimum Gasteiger partial charge on any atom is -0.341 e. The van der Waals surface area contributed by atoms with Gasteiger partial charge in [0.2, 0.25) is 0 Å². The van der Waals surface area contributed by atoms with Crippen LogP contribution in [0.2, 0.25) is 0 Å². The zero-order valence-corrected chi connectivity index (χ0v) is 16.7. The molecule has 7 nitrogen and oxygen atoms in total. The highest BCUT2D eigenvalue weighted by atomic mass is 16.2. The summed E-state index contributed by atoms with van der Waals surface area (Å²) in [5, 5.41) is 10.8. The molecule has 4 amide bonds. The molecule has 0 aromatic heterocycles. The van der Waals surface area contributed by atoms with Crippen LogP contribution in [0.1, 0.15) is 26.3 Å². The fraction of sp³-hybridized carbons (Fsp3) is 0.0870. The maximum absolute atomic E-state index is 12.6. The number of amides is 4. The summed E-state index contributed by atoms with van der Waals surface area (Å²) in [7, 11) is 1.53. The predicted molar refractivity (Wildman–Crippen MR) is 118 cm³/mol. The lowest BCUT2D eigenvalue weighted by Crippen LogP contribution is -2.24. The smallest absolute Gasteiger partial charge is 0.318 e. The summed E-state index contributed by atoms with van der Waals surface area (Å²) in [6, 6.07) is 20.4. The van der Waals surface area contributed by atoms with E-state index in [-0.39, 0.29) is 17.8 Å². The van der Waals surface area contributed by atoms with Gasteiger partial charge in [-0.1, -0.05) is 24.3 Å². The van der Waals surface area contributed by atoms with Crippen molar-refractivity contribution < 1.29 is 14.4 Å². The number of urea groups is 1. The van der Waals surface area contributed by atoms with Gasteiger partial charge >= 0.3 is 6.03 Å². The van der Waals surface area contributed by atoms with E-state index in [1.807, 2.05) is 13.0 Å². The van der Waals surface area contributed by atoms with Gasteiger partial charge in [0.1, 0.15) is 0 Å². The minimum absolute atomic E-state index is 0.240. The molecule has 0 fully saturated rings. The van der Waals surface area contributed by atoms with Crippen LogP contribution in [0.5, 0.6) is 0 Å². The largest absolute Gasteiger partial charge is 0.341 e. The Hall–Kier alpha value is -4.13. The van der Waals surface area contributed by atoms with Crippen LogP contribution >= 0.6 is 0 Å². The Labute approximate surface area is 174 Å². The standard InChI is InChI=1S/C23H22N4O3/c1-15-8-9-17(14-20(15)27-21(28)16-6-4-3-5-7-16)22(29)25-18-10-12-19(13-11-18)26-23(30)24-2/h3-14H,1-2H3,(H,25,29)(H,27,28)(H2,24,26,30). The van der Waals surface area contributed by atoms with Crippen LogP contribution in [-0.4, -0.2) is 24.9 Å². The van der Waals surface area contributed by atoms with Crippen LogP contribution in [0.4, 0.5) is 21.9 Å². The van der Waals surface area contributed by atoms with E-state index in [1.54, 1.807) is 66.7 Å². The maximum atomic E-state index is 12.6. The van der Waals surface area contributed by atoms with Crippen molar-refractivity contribution in [2.24, 2.45) is 0 Å². The Morgan fingerprint density at radius 2 is 1.27 bits per heavy atom. The van der Waals surface area contributed by atoms with E-state index in [4.69, 9.17) is 0 Å². The fourth-order valence-corrected chi connectivity index (χ4v) is 2.72. The number of hydrogen-bond donors (Lipinski definition) is 4. The van der Waals surface area contributed by atoms with Gasteiger partial charge in [-0.25, -0.2) is 4.79 Å². The second kappa shape index (κ2) is 9.38. The number of carbonyl (C=O) groups excluding carboxylic acids is 3. The topological polar surface area (TPSA) is 99.3 Å². The molecule has 0 unspecified atom stereocenters. The highest BCUT2D eigenvalue weighted by Crippen LogP contribution is 2.20. The molecular formula is C23H22N4O3. The predicted octanol–water partition coefficient (Wildman–Crippen LogP) is 4.25. The molecule has 0 saturated heterocycles. The molecule has 0 bridgehead atoms. The van der Waals surface area contributed by atoms with Crippen molar-refractivity contribution in [1.29, 1.82) is 0 Å². The van der Waals surface area contributed by atoms with E-state index in [9.17, 15) is 14.4 Å². The van der Waals surface area contributed by atoms with Gasteiger partial charge in [-0.05, 0) is 61.0 Å². The molecule has 0 aliphatic heterocycles. The van der Waals surface area contributed by atoms with E-state index in [0.717, 1.165) is 5.56 Å². The average molecular weight is 402 g/mol. The van der Waals surface area contributed by atoms with Crippen LogP contribution in [0.15, 0.2) is 72.8 Å². The number of nitrogens with one attached hydrogen (secondary N) is 4. The van der Waals surface area contributed by atoms with Crippen molar-refractivity contribution in [1.82, 2.24) is 5.32 Å². The number of hydrogen-bond acceptors (Lipinski definition) is 3. The Morgan fingerprint density at radius 3 is 1.90 bits per heavy atom. The Balaban J connectivity index is 1.70. The van der Waals surface area contributed by atoms with Crippen molar-refractivity contribution in [3.05, 3.63) is 89.5 Å². The van der Waals surface area contributed by atoms with Gasteiger partial charge in [-0.2, -0.15) is 0 Å². The van der Waals surface area contributed by atoms with E-state index in [1.165, 1.54) is 7.05 Å². The Bertz CT molecular complexity index is 1060. The zero-order valence-electron chi connectivity index (χ0n) is 16.7. The molecular weight excluding hydrogens is 380 g/mol. The first kappa shape index (κ1) is 20.6. The van der Waals surface area contributed by atoms with Crippen LogP contribution in [-0.2, 0) is 0 Å². The summed E-state index contributed by atoms with van der Waals surface area (Å²) in [6.45, 7) is 1.86. The monoisotopic (exact) mass is 402 g/mol. The van der Waals surface area contributed by atoms with Gasteiger partial charge in [0.05, 0.1) is 0 Å². The minimum atomic E-state index is -0.323. The number of aryl methyl sites for hydroxylation is 1. The van der Waals surface area contributed by atoms with Gasteiger partial charge in [0.25, 0.3) is 11.8 Å². The van der Waals surface area contributed by atoms with Gasteiger partial charge in [-0.3, -0.25) is 9.59 Å². The van der Waals surface area contributed by atoms with Crippen LogP contribution in [0.3, 0.4) is 0 Å². The summed E-state index contributed by atoms with van der Waals surface area (Å²) in [4.78, 5) is 36.4. The number of benzene rings is 3. The molecule has 0 atom stereocenters. The van der Waals surface area contributed by atoms with Gasteiger partial charge in [0.15, 0.2) is 0 Å². The third kappa shape index (κ3) is 5.23. The van der Waals surface area contributed by atoms with E-state index in [0.29, 0.717) is 28.2 Å². The molecule has 0 radical (unpaired) electrons. The number of anilines is 3. The SMILES string of the molecule is CNC(=O)Nc1ccc(NC(=O)c2ccc(C)c(NC(=O)c3ccccc3)c2)cc1. The van der Waals surface area contributed by atoms with Gasteiger partial charge in [-0.15, -0.1) is 0 Å². The number of carbonyl (C=O) groups is 3. The second-order valence-electron chi connectivity index (χ2n) is 6.59. The molecule has 3 rings (SSSR count). The summed E-state index contributed by atoms with van der Waals surface area (Å²) in [6.07, 6.45) is 0. The Morgan fingerprint density at radius 1 is 0.667 bits per heavy atom. The van der Waals surface area contributed by atoms with Crippen molar-refractivity contribution in [2.75, 3.05) is 23.0 Å². The maximum Gasteiger partial charge on any atom is 0.318 e. The van der Waals surface area contributed by atoms with Gasteiger partial charge in [0, 0.05) is 35.2 Å². The molecule has 4 N–H and O–H groups in total. The highest BCUT2D eigenvalue weighted by molar-refractivity contribution is 6.07. The van der Waals surface area contributed by atoms with Crippen LogP contribution in [0, 0.1) is 6.92 Å². The van der Waals surface area contributed by atoms with E-state index in [2.05, 4.69) is 21.3 Å². The second-order valence-corrected chi connectivity index (χ2v) is 6.59. The summed E-state index contributed by atoms with van der Waals surface area (Å²) < 4.78 is 0. The molecule has 0 aliphatic carbocycles. The fourth-order valence-electron chi connectivity index (χ4n) is 2.72. The summed E-state index contributed by atoms with van der Waals surface area (Å²) in [5.41, 5.74) is 3.56. The third-order valence-corrected chi connectivity index (χ3v) is 4.41. The molecule has 7 heteroatoms. The van der Waals surface area contributed by atoms with Crippen LogP contribution < -0.4 is 21.3 Å². The van der Waals surface area contributed by atoms with Crippen LogP contribution in [0.25, 0.3) is 0 Å². The molecule has 3 aromatic rings. The van der Waals surface area contributed by atoms with Crippen molar-refractivity contribution in [2.45, 2.75) is 6.92 Å². The molecule has 0 spiro atoms. The average Bonchev–Trinajstić information content (AvgIpc) is 2.77. The Kier molecular flexibility index (Phi) is 6.44. The first-order valence-electron chi connectivity index (χ1n) is 9.33. The normalized spacial score (nSPS) is 10.1. The van der Waals surface area contributed by atoms with E-state index >= 15 is 0 Å². The molecule has 0 aliphatic rings. The molecule has 3 aromatic carbocycles.